The number of hydrogen-bond donors (Lipinski definition) is 0. The standard InChI is InChI=1S/C14H15ClN2/c1-10-8-11(9-16-14(10)15)12-6-4-5-7-13(12)17(2)3/h4-9H,1-3H3. The highest BCUT2D eigenvalue weighted by Gasteiger charge is 2.07. The van der Waals surface area contributed by atoms with Gasteiger partial charge < -0.3 is 4.90 Å². The molecule has 2 rings (SSSR count). The number of rotatable bonds is 2. The number of aromatic nitrogens is 1. The van der Waals surface area contributed by atoms with Gasteiger partial charge in [-0.2, -0.15) is 0 Å². The van der Waals surface area contributed by atoms with Gasteiger partial charge in [-0.25, -0.2) is 4.98 Å². The molecule has 88 valence electrons. The fourth-order valence-corrected chi connectivity index (χ4v) is 1.92. The number of benzene rings is 1. The van der Waals surface area contributed by atoms with Crippen molar-refractivity contribution in [1.29, 1.82) is 0 Å². The van der Waals surface area contributed by atoms with Crippen molar-refractivity contribution < 1.29 is 0 Å². The summed E-state index contributed by atoms with van der Waals surface area (Å²) in [5.41, 5.74) is 4.44. The minimum atomic E-state index is 0.566. The Morgan fingerprint density at radius 3 is 2.53 bits per heavy atom. The summed E-state index contributed by atoms with van der Waals surface area (Å²) >= 11 is 5.95. The van der Waals surface area contributed by atoms with Crippen molar-refractivity contribution in [2.45, 2.75) is 6.92 Å². The van der Waals surface area contributed by atoms with E-state index in [2.05, 4.69) is 28.1 Å². The quantitative estimate of drug-likeness (QED) is 0.750. The SMILES string of the molecule is Cc1cc(-c2ccccc2N(C)C)cnc1Cl. The van der Waals surface area contributed by atoms with E-state index >= 15 is 0 Å². The van der Waals surface area contributed by atoms with Gasteiger partial charge in [0, 0.05) is 37.1 Å². The Hall–Kier alpha value is -1.54. The fourth-order valence-electron chi connectivity index (χ4n) is 1.81. The highest BCUT2D eigenvalue weighted by molar-refractivity contribution is 6.30. The zero-order chi connectivity index (χ0) is 12.4. The van der Waals surface area contributed by atoms with Crippen LogP contribution >= 0.6 is 11.6 Å². The van der Waals surface area contributed by atoms with Gasteiger partial charge in [-0.05, 0) is 24.6 Å². The Balaban J connectivity index is 2.56. The third-order valence-corrected chi connectivity index (χ3v) is 3.11. The third-order valence-electron chi connectivity index (χ3n) is 2.71. The number of nitrogens with zero attached hydrogens (tertiary/aromatic N) is 2. The van der Waals surface area contributed by atoms with E-state index in [1.54, 1.807) is 0 Å². The summed E-state index contributed by atoms with van der Waals surface area (Å²) in [6.45, 7) is 1.97. The molecule has 0 aliphatic rings. The predicted molar refractivity (Wildman–Crippen MR) is 73.7 cm³/mol. The van der Waals surface area contributed by atoms with Crippen LogP contribution in [0.1, 0.15) is 5.56 Å². The Morgan fingerprint density at radius 1 is 1.18 bits per heavy atom. The number of pyridine rings is 1. The Morgan fingerprint density at radius 2 is 1.88 bits per heavy atom. The monoisotopic (exact) mass is 246 g/mol. The van der Waals surface area contributed by atoms with Crippen LogP contribution in [0.15, 0.2) is 36.5 Å². The van der Waals surface area contributed by atoms with Gasteiger partial charge in [0.15, 0.2) is 0 Å². The molecular weight excluding hydrogens is 232 g/mol. The van der Waals surface area contributed by atoms with Gasteiger partial charge in [-0.1, -0.05) is 29.8 Å². The van der Waals surface area contributed by atoms with Crippen LogP contribution in [0.25, 0.3) is 11.1 Å². The summed E-state index contributed by atoms with van der Waals surface area (Å²) in [5, 5.41) is 0.566. The number of aryl methyl sites for hydroxylation is 1. The van der Waals surface area contributed by atoms with E-state index in [0.29, 0.717) is 5.15 Å². The molecule has 0 bridgehead atoms. The molecule has 0 saturated carbocycles. The average Bonchev–Trinajstić information content (AvgIpc) is 2.32. The van der Waals surface area contributed by atoms with Crippen molar-refractivity contribution in [1.82, 2.24) is 4.98 Å². The number of anilines is 1. The highest BCUT2D eigenvalue weighted by atomic mass is 35.5. The van der Waals surface area contributed by atoms with E-state index in [4.69, 9.17) is 11.6 Å². The lowest BCUT2D eigenvalue weighted by atomic mass is 10.0. The summed E-state index contributed by atoms with van der Waals surface area (Å²) in [6.07, 6.45) is 1.82. The van der Waals surface area contributed by atoms with Crippen LogP contribution in [-0.2, 0) is 0 Å². The van der Waals surface area contributed by atoms with Gasteiger partial charge in [0.25, 0.3) is 0 Å². The lowest BCUT2D eigenvalue weighted by Gasteiger charge is -2.17. The topological polar surface area (TPSA) is 16.1 Å². The summed E-state index contributed by atoms with van der Waals surface area (Å²) < 4.78 is 0. The molecule has 0 fully saturated rings. The molecule has 2 aromatic rings. The highest BCUT2D eigenvalue weighted by Crippen LogP contribution is 2.30. The smallest absolute Gasteiger partial charge is 0.131 e. The van der Waals surface area contributed by atoms with E-state index in [-0.39, 0.29) is 0 Å². The predicted octanol–water partition coefficient (Wildman–Crippen LogP) is 3.78. The van der Waals surface area contributed by atoms with Crippen LogP contribution in [0.5, 0.6) is 0 Å². The first-order valence-electron chi connectivity index (χ1n) is 5.48. The van der Waals surface area contributed by atoms with Gasteiger partial charge >= 0.3 is 0 Å². The van der Waals surface area contributed by atoms with E-state index in [1.807, 2.05) is 39.3 Å². The lowest BCUT2D eigenvalue weighted by Crippen LogP contribution is -2.09. The van der Waals surface area contributed by atoms with Gasteiger partial charge in [-0.3, -0.25) is 0 Å². The average molecular weight is 247 g/mol. The van der Waals surface area contributed by atoms with E-state index in [9.17, 15) is 0 Å². The Bertz CT molecular complexity index is 535. The lowest BCUT2D eigenvalue weighted by molar-refractivity contribution is 1.13. The largest absolute Gasteiger partial charge is 0.377 e. The maximum atomic E-state index is 5.95. The maximum absolute atomic E-state index is 5.95. The molecule has 1 heterocycles. The van der Waals surface area contributed by atoms with Crippen LogP contribution in [0.4, 0.5) is 5.69 Å². The third kappa shape index (κ3) is 2.42. The minimum absolute atomic E-state index is 0.566. The molecule has 0 spiro atoms. The molecule has 0 radical (unpaired) electrons. The van der Waals surface area contributed by atoms with Crippen molar-refractivity contribution in [3.63, 3.8) is 0 Å². The number of halogens is 1. The molecule has 0 unspecified atom stereocenters. The molecule has 0 N–H and O–H groups in total. The van der Waals surface area contributed by atoms with Gasteiger partial charge in [0.1, 0.15) is 5.15 Å². The fraction of sp³-hybridized carbons (Fsp3) is 0.214. The second-order valence-electron chi connectivity index (χ2n) is 4.24. The first-order valence-corrected chi connectivity index (χ1v) is 5.86. The molecule has 0 atom stereocenters. The zero-order valence-corrected chi connectivity index (χ0v) is 11.0. The summed E-state index contributed by atoms with van der Waals surface area (Å²) in [7, 11) is 4.07. The zero-order valence-electron chi connectivity index (χ0n) is 10.2. The van der Waals surface area contributed by atoms with Crippen molar-refractivity contribution >= 4 is 17.3 Å². The van der Waals surface area contributed by atoms with Crippen LogP contribution in [0.2, 0.25) is 5.15 Å². The second-order valence-corrected chi connectivity index (χ2v) is 4.60. The summed E-state index contributed by atoms with van der Waals surface area (Å²) in [5.74, 6) is 0. The van der Waals surface area contributed by atoms with Crippen molar-refractivity contribution in [3.05, 3.63) is 47.2 Å². The molecule has 0 aliphatic carbocycles. The molecule has 0 amide bonds. The van der Waals surface area contributed by atoms with Crippen LogP contribution in [-0.4, -0.2) is 19.1 Å². The van der Waals surface area contributed by atoms with Gasteiger partial charge in [0.2, 0.25) is 0 Å². The molecule has 2 nitrogen and oxygen atoms in total. The molecular formula is C14H15ClN2. The van der Waals surface area contributed by atoms with Gasteiger partial charge in [-0.15, -0.1) is 0 Å². The van der Waals surface area contributed by atoms with Crippen LogP contribution in [0, 0.1) is 6.92 Å². The molecule has 1 aromatic heterocycles. The first-order chi connectivity index (χ1) is 8.09. The second kappa shape index (κ2) is 4.76. The molecule has 3 heteroatoms. The summed E-state index contributed by atoms with van der Waals surface area (Å²) in [4.78, 5) is 6.30. The Labute approximate surface area is 107 Å². The summed E-state index contributed by atoms with van der Waals surface area (Å²) in [6, 6.07) is 10.3. The Kier molecular flexibility index (Phi) is 3.34. The van der Waals surface area contributed by atoms with Crippen LogP contribution < -0.4 is 4.90 Å². The number of hydrogen-bond acceptors (Lipinski definition) is 2. The molecule has 17 heavy (non-hydrogen) atoms. The van der Waals surface area contributed by atoms with Crippen molar-refractivity contribution in [3.8, 4) is 11.1 Å². The first kappa shape index (κ1) is 11.9. The molecule has 0 aliphatic heterocycles. The van der Waals surface area contributed by atoms with Crippen molar-refractivity contribution in [2.24, 2.45) is 0 Å². The minimum Gasteiger partial charge on any atom is -0.377 e. The van der Waals surface area contributed by atoms with Crippen LogP contribution in [0.3, 0.4) is 0 Å². The number of para-hydroxylation sites is 1. The van der Waals surface area contributed by atoms with E-state index in [0.717, 1.165) is 11.1 Å². The molecule has 1 aromatic carbocycles. The molecule has 0 saturated heterocycles. The van der Waals surface area contributed by atoms with Crippen molar-refractivity contribution in [2.75, 3.05) is 19.0 Å². The van der Waals surface area contributed by atoms with E-state index < -0.39 is 0 Å². The normalized spacial score (nSPS) is 10.4. The maximum Gasteiger partial charge on any atom is 0.131 e. The van der Waals surface area contributed by atoms with E-state index in [1.165, 1.54) is 11.3 Å². The van der Waals surface area contributed by atoms with Gasteiger partial charge in [0.05, 0.1) is 0 Å².